The number of fused-ring (bicyclic) bond motifs is 1. The van der Waals surface area contributed by atoms with Gasteiger partial charge in [0, 0.05) is 31.3 Å². The summed E-state index contributed by atoms with van der Waals surface area (Å²) in [6.45, 7) is 3.16. The van der Waals surface area contributed by atoms with Crippen LogP contribution in [0.4, 0.5) is 5.69 Å². The molecule has 5 aliphatic rings. The fourth-order valence-corrected chi connectivity index (χ4v) is 6.75. The second-order valence-corrected chi connectivity index (χ2v) is 9.36. The molecule has 1 aromatic carbocycles. The molecule has 1 heterocycles. The Hall–Kier alpha value is -1.84. The van der Waals surface area contributed by atoms with Gasteiger partial charge in [0.25, 0.3) is 5.91 Å². The molecule has 1 aromatic rings. The number of hydrogen-bond acceptors (Lipinski definition) is 2. The lowest BCUT2D eigenvalue weighted by atomic mass is 9.49. The summed E-state index contributed by atoms with van der Waals surface area (Å²) in [6, 6.07) is 5.78. The maximum absolute atomic E-state index is 12.8. The molecule has 1 N–H and O–H groups in total. The van der Waals surface area contributed by atoms with Gasteiger partial charge in [0.1, 0.15) is 0 Å². The van der Waals surface area contributed by atoms with Crippen molar-refractivity contribution in [2.24, 2.45) is 23.2 Å². The van der Waals surface area contributed by atoms with E-state index in [0.717, 1.165) is 54.1 Å². The first-order chi connectivity index (χ1) is 12.5. The smallest absolute Gasteiger partial charge is 0.251 e. The number of nitrogens with zero attached hydrogens (tertiary/aromatic N) is 1. The number of rotatable bonds is 3. The molecule has 138 valence electrons. The Balaban J connectivity index is 1.28. The molecule has 0 saturated heterocycles. The average Bonchev–Trinajstić information content (AvgIpc) is 3.02. The monoisotopic (exact) mass is 352 g/mol. The van der Waals surface area contributed by atoms with Crippen molar-refractivity contribution in [3.05, 3.63) is 29.3 Å². The normalized spacial score (nSPS) is 34.0. The van der Waals surface area contributed by atoms with Crippen LogP contribution in [0.3, 0.4) is 0 Å². The third-order valence-electron chi connectivity index (χ3n) is 7.41. The van der Waals surface area contributed by atoms with E-state index >= 15 is 0 Å². The highest BCUT2D eigenvalue weighted by molar-refractivity contribution is 5.97. The van der Waals surface area contributed by atoms with E-state index in [1.807, 2.05) is 18.2 Å². The average molecular weight is 352 g/mol. The lowest BCUT2D eigenvalue weighted by Crippen LogP contribution is -2.51. The molecular weight excluding hydrogens is 324 g/mol. The molecule has 0 atom stereocenters. The molecule has 6 rings (SSSR count). The van der Waals surface area contributed by atoms with Gasteiger partial charge in [-0.15, -0.1) is 0 Å². The SMILES string of the molecule is CC(=O)N1CCc2cc(C(=O)NCC34CC5CC(CC(C5)C3)C4)ccc21. The summed E-state index contributed by atoms with van der Waals surface area (Å²) >= 11 is 0. The van der Waals surface area contributed by atoms with Crippen LogP contribution in [0.25, 0.3) is 0 Å². The fourth-order valence-electron chi connectivity index (χ4n) is 6.75. The second-order valence-electron chi connectivity index (χ2n) is 9.36. The molecule has 4 heteroatoms. The van der Waals surface area contributed by atoms with Crippen molar-refractivity contribution >= 4 is 17.5 Å². The largest absolute Gasteiger partial charge is 0.351 e. The molecule has 4 saturated carbocycles. The maximum Gasteiger partial charge on any atom is 0.251 e. The summed E-state index contributed by atoms with van der Waals surface area (Å²) in [4.78, 5) is 26.2. The van der Waals surface area contributed by atoms with Crippen LogP contribution in [0, 0.1) is 23.2 Å². The van der Waals surface area contributed by atoms with Gasteiger partial charge in [0.2, 0.25) is 5.91 Å². The van der Waals surface area contributed by atoms with Gasteiger partial charge in [-0.2, -0.15) is 0 Å². The topological polar surface area (TPSA) is 49.4 Å². The van der Waals surface area contributed by atoms with E-state index in [9.17, 15) is 9.59 Å². The number of nitrogens with one attached hydrogen (secondary N) is 1. The molecule has 4 fully saturated rings. The van der Waals surface area contributed by atoms with Gasteiger partial charge in [-0.25, -0.2) is 0 Å². The molecule has 4 nitrogen and oxygen atoms in total. The zero-order valence-electron chi connectivity index (χ0n) is 15.6. The van der Waals surface area contributed by atoms with Gasteiger partial charge >= 0.3 is 0 Å². The van der Waals surface area contributed by atoms with Crippen molar-refractivity contribution in [3.63, 3.8) is 0 Å². The fraction of sp³-hybridized carbons (Fsp3) is 0.636. The first kappa shape index (κ1) is 16.3. The van der Waals surface area contributed by atoms with Crippen LogP contribution in [0.2, 0.25) is 0 Å². The molecule has 0 aromatic heterocycles. The van der Waals surface area contributed by atoms with Gasteiger partial charge in [-0.05, 0) is 91.9 Å². The zero-order valence-corrected chi connectivity index (χ0v) is 15.6. The van der Waals surface area contributed by atoms with Crippen LogP contribution in [-0.4, -0.2) is 24.9 Å². The lowest BCUT2D eigenvalue weighted by Gasteiger charge is -2.56. The molecule has 4 bridgehead atoms. The molecule has 1 aliphatic heterocycles. The predicted molar refractivity (Wildman–Crippen MR) is 101 cm³/mol. The molecule has 26 heavy (non-hydrogen) atoms. The van der Waals surface area contributed by atoms with Crippen LogP contribution < -0.4 is 10.2 Å². The van der Waals surface area contributed by atoms with E-state index in [2.05, 4.69) is 5.32 Å². The Morgan fingerprint density at radius 1 is 1.12 bits per heavy atom. The lowest BCUT2D eigenvalue weighted by molar-refractivity contribution is -0.116. The van der Waals surface area contributed by atoms with Crippen LogP contribution in [0.5, 0.6) is 0 Å². The Kier molecular flexibility index (Phi) is 3.67. The third kappa shape index (κ3) is 2.65. The number of hydrogen-bond donors (Lipinski definition) is 1. The predicted octanol–water partition coefficient (Wildman–Crippen LogP) is 3.54. The Morgan fingerprint density at radius 3 is 2.38 bits per heavy atom. The molecular formula is C22H28N2O2. The van der Waals surface area contributed by atoms with Gasteiger partial charge in [0.15, 0.2) is 0 Å². The van der Waals surface area contributed by atoms with E-state index in [1.165, 1.54) is 38.5 Å². The van der Waals surface area contributed by atoms with Crippen molar-refractivity contribution in [2.45, 2.75) is 51.9 Å². The van der Waals surface area contributed by atoms with E-state index in [4.69, 9.17) is 0 Å². The van der Waals surface area contributed by atoms with Crippen LogP contribution in [-0.2, 0) is 11.2 Å². The van der Waals surface area contributed by atoms with Crippen LogP contribution >= 0.6 is 0 Å². The minimum Gasteiger partial charge on any atom is -0.351 e. The summed E-state index contributed by atoms with van der Waals surface area (Å²) in [5, 5.41) is 3.26. The van der Waals surface area contributed by atoms with Crippen molar-refractivity contribution in [3.8, 4) is 0 Å². The highest BCUT2D eigenvalue weighted by Gasteiger charge is 2.50. The van der Waals surface area contributed by atoms with Crippen molar-refractivity contribution < 1.29 is 9.59 Å². The van der Waals surface area contributed by atoms with E-state index in [0.29, 0.717) is 5.41 Å². The first-order valence-corrected chi connectivity index (χ1v) is 10.2. The zero-order chi connectivity index (χ0) is 17.9. The van der Waals surface area contributed by atoms with Crippen molar-refractivity contribution in [2.75, 3.05) is 18.0 Å². The Morgan fingerprint density at radius 2 is 1.77 bits per heavy atom. The molecule has 0 radical (unpaired) electrons. The summed E-state index contributed by atoms with van der Waals surface area (Å²) in [7, 11) is 0. The summed E-state index contributed by atoms with van der Waals surface area (Å²) in [6.07, 6.45) is 9.09. The standard InChI is InChI=1S/C22H28N2O2/c1-14(25)24-5-4-18-9-19(2-3-20(18)24)21(26)23-13-22-10-15-6-16(11-22)8-17(7-15)12-22/h2-3,9,15-17H,4-8,10-13H2,1H3,(H,23,26). The number of anilines is 1. The van der Waals surface area contributed by atoms with E-state index < -0.39 is 0 Å². The molecule has 4 aliphatic carbocycles. The van der Waals surface area contributed by atoms with E-state index in [-0.39, 0.29) is 11.8 Å². The first-order valence-electron chi connectivity index (χ1n) is 10.2. The summed E-state index contributed by atoms with van der Waals surface area (Å²) in [5.41, 5.74) is 3.18. The number of carbonyl (C=O) groups is 2. The molecule has 0 spiro atoms. The second kappa shape index (κ2) is 5.83. The van der Waals surface area contributed by atoms with Gasteiger partial charge in [0.05, 0.1) is 0 Å². The van der Waals surface area contributed by atoms with Gasteiger partial charge < -0.3 is 10.2 Å². The van der Waals surface area contributed by atoms with Crippen molar-refractivity contribution in [1.29, 1.82) is 0 Å². The Bertz CT molecular complexity index is 734. The van der Waals surface area contributed by atoms with E-state index in [1.54, 1.807) is 11.8 Å². The quantitative estimate of drug-likeness (QED) is 0.904. The maximum atomic E-state index is 12.8. The van der Waals surface area contributed by atoms with Gasteiger partial charge in [-0.1, -0.05) is 0 Å². The minimum atomic E-state index is 0.0461. The summed E-state index contributed by atoms with van der Waals surface area (Å²) in [5.74, 6) is 2.86. The number of amides is 2. The third-order valence-corrected chi connectivity index (χ3v) is 7.41. The Labute approximate surface area is 155 Å². The van der Waals surface area contributed by atoms with Crippen LogP contribution in [0.1, 0.15) is 61.4 Å². The number of carbonyl (C=O) groups excluding carboxylic acids is 2. The highest BCUT2D eigenvalue weighted by Crippen LogP contribution is 2.59. The van der Waals surface area contributed by atoms with Gasteiger partial charge in [-0.3, -0.25) is 9.59 Å². The molecule has 2 amide bonds. The minimum absolute atomic E-state index is 0.0461. The van der Waals surface area contributed by atoms with Crippen LogP contribution in [0.15, 0.2) is 18.2 Å². The highest BCUT2D eigenvalue weighted by atomic mass is 16.2. The van der Waals surface area contributed by atoms with Crippen molar-refractivity contribution in [1.82, 2.24) is 5.32 Å². The summed E-state index contributed by atoms with van der Waals surface area (Å²) < 4.78 is 0. The molecule has 0 unspecified atom stereocenters. The number of benzene rings is 1.